The maximum absolute atomic E-state index is 12.0. The highest BCUT2D eigenvalue weighted by atomic mass is 16.6. The van der Waals surface area contributed by atoms with Crippen LogP contribution in [0.5, 0.6) is 0 Å². The molecule has 2 N–H and O–H groups in total. The van der Waals surface area contributed by atoms with Crippen LogP contribution in [0.15, 0.2) is 0 Å². The first kappa shape index (κ1) is 18.5. The largest absolute Gasteiger partial charge is 0.444 e. The average molecular weight is 326 g/mol. The molecule has 1 saturated carbocycles. The van der Waals surface area contributed by atoms with Crippen molar-refractivity contribution in [3.8, 4) is 0 Å². The van der Waals surface area contributed by atoms with Gasteiger partial charge in [0.25, 0.3) is 0 Å². The molecule has 0 bridgehead atoms. The third-order valence-electron chi connectivity index (χ3n) is 4.50. The zero-order chi connectivity index (χ0) is 16.9. The second kappa shape index (κ2) is 8.34. The van der Waals surface area contributed by atoms with Crippen LogP contribution in [0.1, 0.15) is 66.2 Å². The van der Waals surface area contributed by atoms with Crippen molar-refractivity contribution in [2.75, 3.05) is 13.2 Å². The van der Waals surface area contributed by atoms with Gasteiger partial charge in [-0.05, 0) is 58.8 Å². The highest BCUT2D eigenvalue weighted by Crippen LogP contribution is 2.32. The molecule has 0 aromatic carbocycles. The highest BCUT2D eigenvalue weighted by molar-refractivity contribution is 5.68. The minimum Gasteiger partial charge on any atom is -0.444 e. The Kier molecular flexibility index (Phi) is 6.72. The summed E-state index contributed by atoms with van der Waals surface area (Å²) < 4.78 is 11.2. The van der Waals surface area contributed by atoms with Crippen LogP contribution >= 0.6 is 0 Å². The van der Waals surface area contributed by atoms with Gasteiger partial charge in [-0.15, -0.1) is 0 Å². The van der Waals surface area contributed by atoms with Crippen LogP contribution in [0.3, 0.4) is 0 Å². The lowest BCUT2D eigenvalue weighted by molar-refractivity contribution is -0.00371. The smallest absolute Gasteiger partial charge is 0.407 e. The summed E-state index contributed by atoms with van der Waals surface area (Å²) in [6.45, 7) is 9.56. The fraction of sp³-hybridized carbons (Fsp3) is 0.944. The fourth-order valence-electron chi connectivity index (χ4n) is 3.18. The normalized spacial score (nSPS) is 26.6. The van der Waals surface area contributed by atoms with Crippen LogP contribution in [0.4, 0.5) is 4.79 Å². The first-order valence-electron chi connectivity index (χ1n) is 9.22. The SMILES string of the molecule is CCCC1CC(NCC(NC(=O)OC(C)(C)C)C2CC2)CCO1. The van der Waals surface area contributed by atoms with Gasteiger partial charge in [0.1, 0.15) is 5.60 Å². The van der Waals surface area contributed by atoms with E-state index in [0.29, 0.717) is 18.1 Å². The molecule has 23 heavy (non-hydrogen) atoms. The molecular weight excluding hydrogens is 292 g/mol. The van der Waals surface area contributed by atoms with Crippen molar-refractivity contribution in [3.63, 3.8) is 0 Å². The van der Waals surface area contributed by atoms with E-state index >= 15 is 0 Å². The number of hydrogen-bond donors (Lipinski definition) is 2. The average Bonchev–Trinajstić information content (AvgIpc) is 3.27. The molecule has 1 saturated heterocycles. The minimum absolute atomic E-state index is 0.178. The van der Waals surface area contributed by atoms with Crippen molar-refractivity contribution in [3.05, 3.63) is 0 Å². The highest BCUT2D eigenvalue weighted by Gasteiger charge is 2.34. The Hall–Kier alpha value is -0.810. The summed E-state index contributed by atoms with van der Waals surface area (Å²) in [5, 5.41) is 6.71. The second-order valence-corrected chi connectivity index (χ2v) is 8.00. The van der Waals surface area contributed by atoms with E-state index in [-0.39, 0.29) is 12.1 Å². The number of alkyl carbamates (subject to hydrolysis) is 1. The Morgan fingerprint density at radius 3 is 2.65 bits per heavy atom. The van der Waals surface area contributed by atoms with Gasteiger partial charge in [-0.1, -0.05) is 13.3 Å². The lowest BCUT2D eigenvalue weighted by Crippen LogP contribution is -2.49. The molecule has 5 nitrogen and oxygen atoms in total. The van der Waals surface area contributed by atoms with Crippen molar-refractivity contribution in [1.82, 2.24) is 10.6 Å². The van der Waals surface area contributed by atoms with E-state index in [9.17, 15) is 4.79 Å². The predicted octanol–water partition coefficient (Wildman–Crippen LogP) is 3.23. The Labute approximate surface area is 140 Å². The number of amides is 1. The van der Waals surface area contributed by atoms with Gasteiger partial charge < -0.3 is 20.1 Å². The Morgan fingerprint density at radius 1 is 1.30 bits per heavy atom. The molecule has 134 valence electrons. The lowest BCUT2D eigenvalue weighted by Gasteiger charge is -2.31. The molecule has 1 aliphatic heterocycles. The molecule has 0 aromatic heterocycles. The lowest BCUT2D eigenvalue weighted by atomic mass is 9.99. The van der Waals surface area contributed by atoms with Gasteiger partial charge in [-0.25, -0.2) is 4.79 Å². The number of rotatable bonds is 7. The van der Waals surface area contributed by atoms with Gasteiger partial charge in [-0.3, -0.25) is 0 Å². The van der Waals surface area contributed by atoms with Crippen LogP contribution in [-0.4, -0.2) is 43.0 Å². The van der Waals surface area contributed by atoms with Gasteiger partial charge in [-0.2, -0.15) is 0 Å². The molecule has 5 heteroatoms. The van der Waals surface area contributed by atoms with E-state index in [1.807, 2.05) is 20.8 Å². The second-order valence-electron chi connectivity index (χ2n) is 8.00. The molecule has 0 radical (unpaired) electrons. The number of hydrogen-bond acceptors (Lipinski definition) is 4. The van der Waals surface area contributed by atoms with Crippen molar-refractivity contribution in [1.29, 1.82) is 0 Å². The molecule has 3 atom stereocenters. The van der Waals surface area contributed by atoms with Crippen LogP contribution in [0, 0.1) is 5.92 Å². The Bertz CT molecular complexity index is 375. The summed E-state index contributed by atoms with van der Waals surface area (Å²) in [6, 6.07) is 0.680. The van der Waals surface area contributed by atoms with Crippen molar-refractivity contribution >= 4 is 6.09 Å². The van der Waals surface area contributed by atoms with E-state index in [0.717, 1.165) is 32.4 Å². The van der Waals surface area contributed by atoms with Gasteiger partial charge >= 0.3 is 6.09 Å². The number of nitrogens with one attached hydrogen (secondary N) is 2. The number of ether oxygens (including phenoxy) is 2. The maximum Gasteiger partial charge on any atom is 0.407 e. The summed E-state index contributed by atoms with van der Waals surface area (Å²) >= 11 is 0. The quantitative estimate of drug-likeness (QED) is 0.754. The molecule has 1 heterocycles. The molecule has 2 fully saturated rings. The first-order chi connectivity index (χ1) is 10.9. The molecule has 0 spiro atoms. The fourth-order valence-corrected chi connectivity index (χ4v) is 3.18. The molecule has 3 unspecified atom stereocenters. The number of carbonyl (C=O) groups excluding carboxylic acids is 1. The predicted molar refractivity (Wildman–Crippen MR) is 91.6 cm³/mol. The van der Waals surface area contributed by atoms with E-state index < -0.39 is 5.60 Å². The van der Waals surface area contributed by atoms with Crippen molar-refractivity contribution < 1.29 is 14.3 Å². The van der Waals surface area contributed by atoms with Gasteiger partial charge in [0.2, 0.25) is 0 Å². The summed E-state index contributed by atoms with van der Waals surface area (Å²) in [5.41, 5.74) is -0.445. The Balaban J connectivity index is 1.75. The first-order valence-corrected chi connectivity index (χ1v) is 9.22. The third kappa shape index (κ3) is 7.08. The zero-order valence-corrected chi connectivity index (χ0v) is 15.2. The van der Waals surface area contributed by atoms with E-state index in [1.165, 1.54) is 19.3 Å². The summed E-state index contributed by atoms with van der Waals surface area (Å²) in [4.78, 5) is 12.0. The van der Waals surface area contributed by atoms with Crippen molar-refractivity contribution in [2.45, 2.75) is 90.0 Å². The van der Waals surface area contributed by atoms with Gasteiger partial charge in [0.15, 0.2) is 0 Å². The van der Waals surface area contributed by atoms with E-state index in [4.69, 9.17) is 9.47 Å². The van der Waals surface area contributed by atoms with E-state index in [2.05, 4.69) is 17.6 Å². The monoisotopic (exact) mass is 326 g/mol. The molecular formula is C18H34N2O3. The molecule has 2 rings (SSSR count). The standard InChI is InChI=1S/C18H34N2O3/c1-5-6-15-11-14(9-10-22-15)19-12-16(13-7-8-13)20-17(21)23-18(2,3)4/h13-16,19H,5-12H2,1-4H3,(H,20,21). The summed E-state index contributed by atoms with van der Waals surface area (Å²) in [6.07, 6.45) is 6.95. The Morgan fingerprint density at radius 2 is 2.04 bits per heavy atom. The molecule has 0 aromatic rings. The van der Waals surface area contributed by atoms with Gasteiger partial charge in [0, 0.05) is 25.2 Å². The summed E-state index contributed by atoms with van der Waals surface area (Å²) in [5.74, 6) is 0.598. The zero-order valence-electron chi connectivity index (χ0n) is 15.2. The topological polar surface area (TPSA) is 59.6 Å². The maximum atomic E-state index is 12.0. The van der Waals surface area contributed by atoms with Crippen molar-refractivity contribution in [2.24, 2.45) is 5.92 Å². The van der Waals surface area contributed by atoms with Crippen LogP contribution < -0.4 is 10.6 Å². The van der Waals surface area contributed by atoms with E-state index in [1.54, 1.807) is 0 Å². The van der Waals surface area contributed by atoms with Crippen LogP contribution in [-0.2, 0) is 9.47 Å². The minimum atomic E-state index is -0.445. The summed E-state index contributed by atoms with van der Waals surface area (Å²) in [7, 11) is 0. The van der Waals surface area contributed by atoms with Gasteiger partial charge in [0.05, 0.1) is 6.10 Å². The number of carbonyl (C=O) groups is 1. The van der Waals surface area contributed by atoms with Crippen LogP contribution in [0.2, 0.25) is 0 Å². The molecule has 2 aliphatic rings. The van der Waals surface area contributed by atoms with Crippen LogP contribution in [0.25, 0.3) is 0 Å². The molecule has 1 amide bonds. The third-order valence-corrected chi connectivity index (χ3v) is 4.50. The molecule has 1 aliphatic carbocycles.